The lowest BCUT2D eigenvalue weighted by Crippen LogP contribution is -2.35. The van der Waals surface area contributed by atoms with E-state index in [9.17, 15) is 26.7 Å². The van der Waals surface area contributed by atoms with Gasteiger partial charge in [0.05, 0.1) is 16.6 Å². The zero-order valence-electron chi connectivity index (χ0n) is 16.4. The maximum Gasteiger partial charge on any atom is 0.416 e. The number of hydrogen-bond donors (Lipinski definition) is 3. The van der Waals surface area contributed by atoms with Gasteiger partial charge in [0, 0.05) is 19.7 Å². The van der Waals surface area contributed by atoms with Gasteiger partial charge in [-0.15, -0.1) is 0 Å². The van der Waals surface area contributed by atoms with E-state index in [1.807, 2.05) is 0 Å². The Balaban J connectivity index is 1.99. The number of amides is 1. The van der Waals surface area contributed by atoms with Gasteiger partial charge in [-0.2, -0.15) is 17.7 Å². The van der Waals surface area contributed by atoms with Gasteiger partial charge in [0.25, 0.3) is 10.9 Å². The summed E-state index contributed by atoms with van der Waals surface area (Å²) in [6.45, 7) is 3.62. The highest BCUT2D eigenvalue weighted by Gasteiger charge is 2.38. The second kappa shape index (κ2) is 7.52. The lowest BCUT2D eigenvalue weighted by Gasteiger charge is -2.15. The first-order chi connectivity index (χ1) is 13.9. The highest BCUT2D eigenvalue weighted by Crippen LogP contribution is 2.32. The first kappa shape index (κ1) is 22.0. The predicted octanol–water partition coefficient (Wildman–Crippen LogP) is 3.11. The Bertz CT molecular complexity index is 1170. The summed E-state index contributed by atoms with van der Waals surface area (Å²) >= 11 is 0. The molecule has 2 aromatic heterocycles. The number of primary amides is 1. The maximum absolute atomic E-state index is 13.1. The second-order valence-electron chi connectivity index (χ2n) is 6.76. The summed E-state index contributed by atoms with van der Waals surface area (Å²) in [5, 5.41) is -0.0679. The first-order valence-corrected chi connectivity index (χ1v) is 10.4. The van der Waals surface area contributed by atoms with Gasteiger partial charge >= 0.3 is 16.6 Å². The number of aryl methyl sites for hydroxylation is 1. The van der Waals surface area contributed by atoms with Crippen LogP contribution in [0, 0.1) is 0 Å². The molecule has 1 aromatic carbocycles. The molecule has 3 rings (SSSR count). The van der Waals surface area contributed by atoms with Crippen LogP contribution in [0.4, 0.5) is 13.2 Å². The lowest BCUT2D eigenvalue weighted by atomic mass is 10.2. The molecule has 1 amide bonds. The van der Waals surface area contributed by atoms with Crippen LogP contribution in [0.15, 0.2) is 35.4 Å². The predicted molar refractivity (Wildman–Crippen MR) is 105 cm³/mol. The molecule has 2 atom stereocenters. The molecular weight excluding hydrogens is 423 g/mol. The van der Waals surface area contributed by atoms with Gasteiger partial charge in [0.1, 0.15) is 17.6 Å². The summed E-state index contributed by atoms with van der Waals surface area (Å²) in [5.41, 5.74) is 5.11. The molecule has 0 aliphatic carbocycles. The number of carbonyl (C=O) groups is 1. The van der Waals surface area contributed by atoms with E-state index < -0.39 is 34.1 Å². The number of fused-ring (bicyclic) bond motifs is 1. The van der Waals surface area contributed by atoms with Gasteiger partial charge in [-0.3, -0.25) is 9.36 Å². The van der Waals surface area contributed by atoms with E-state index in [1.165, 1.54) is 29.8 Å². The molecule has 30 heavy (non-hydrogen) atoms. The first-order valence-electron chi connectivity index (χ1n) is 8.93. The van der Waals surface area contributed by atoms with Crippen LogP contribution in [-0.2, 0) is 34.4 Å². The fraction of sp³-hybridized carbons (Fsp3) is 0.333. The number of rotatable bonds is 6. The van der Waals surface area contributed by atoms with Crippen LogP contribution in [-0.4, -0.2) is 24.6 Å². The molecule has 0 saturated carbocycles. The largest absolute Gasteiger partial charge is 0.416 e. The number of alkyl halides is 3. The average molecular weight is 444 g/mol. The maximum atomic E-state index is 13.1. The second-order valence-corrected chi connectivity index (χ2v) is 8.47. The minimum absolute atomic E-state index is 0.0571. The number of nitrogens with zero attached hydrogens (tertiary/aromatic N) is 3. The van der Waals surface area contributed by atoms with Gasteiger partial charge in [-0.1, -0.05) is 4.72 Å². The molecule has 2 heterocycles. The van der Waals surface area contributed by atoms with Crippen LogP contribution in [0.3, 0.4) is 0 Å². The fourth-order valence-corrected chi connectivity index (χ4v) is 4.78. The third-order valence-electron chi connectivity index (χ3n) is 4.76. The molecule has 0 spiro atoms. The van der Waals surface area contributed by atoms with Gasteiger partial charge in [0.2, 0.25) is 0 Å². The van der Waals surface area contributed by atoms with Crippen LogP contribution in [0.1, 0.15) is 41.8 Å². The van der Waals surface area contributed by atoms with Crippen molar-refractivity contribution in [2.24, 2.45) is 12.8 Å². The highest BCUT2D eigenvalue weighted by molar-refractivity contribution is 7.95. The third kappa shape index (κ3) is 3.85. The SMILES string of the molecule is CCn1c([C@@H](C)N[S+](=O)(O)c2ccc(C(N)=O)n2C)nc2ccc(C(F)(F)F)cc21. The number of imidazole rings is 1. The van der Waals surface area contributed by atoms with Crippen molar-refractivity contribution in [2.75, 3.05) is 0 Å². The van der Waals surface area contributed by atoms with E-state index >= 15 is 0 Å². The van der Waals surface area contributed by atoms with E-state index in [-0.39, 0.29) is 16.2 Å². The molecule has 0 saturated heterocycles. The van der Waals surface area contributed by atoms with Crippen LogP contribution in [0.25, 0.3) is 11.0 Å². The van der Waals surface area contributed by atoms with Crippen molar-refractivity contribution in [3.05, 3.63) is 47.4 Å². The van der Waals surface area contributed by atoms with Crippen molar-refractivity contribution in [3.8, 4) is 0 Å². The Kier molecular flexibility index (Phi) is 5.52. The molecule has 12 heteroatoms. The molecule has 0 radical (unpaired) electrons. The molecule has 0 bridgehead atoms. The monoisotopic (exact) mass is 444 g/mol. The molecule has 0 fully saturated rings. The molecule has 8 nitrogen and oxygen atoms in total. The Morgan fingerprint density at radius 2 is 2.00 bits per heavy atom. The van der Waals surface area contributed by atoms with Gasteiger partial charge < -0.3 is 10.3 Å². The molecule has 1 unspecified atom stereocenters. The molecular formula is C18H21F3N5O3S+. The van der Waals surface area contributed by atoms with E-state index in [0.717, 1.165) is 12.1 Å². The van der Waals surface area contributed by atoms with Crippen LogP contribution in [0.2, 0.25) is 0 Å². The summed E-state index contributed by atoms with van der Waals surface area (Å²) in [6, 6.07) is 5.07. The standard InChI is InChI=1S/C18H20F3N5O3S/c1-4-26-14-9-11(18(19,20)21)5-6-12(14)23-17(26)10(2)24-30(28,29)15-8-7-13(16(22)27)25(15)3/h5-10H,4H2,1-3H3,(H3-,22,24,27,28,29)/p+1/t10-/m1/s1. The normalized spacial score (nSPS) is 15.3. The van der Waals surface area contributed by atoms with E-state index in [0.29, 0.717) is 17.9 Å². The summed E-state index contributed by atoms with van der Waals surface area (Å²) in [5.74, 6) is -0.446. The third-order valence-corrected chi connectivity index (χ3v) is 6.41. The lowest BCUT2D eigenvalue weighted by molar-refractivity contribution is -0.137. The number of nitrogens with one attached hydrogen (secondary N) is 1. The Hall–Kier alpha value is -2.70. The topological polar surface area (TPSA) is 115 Å². The van der Waals surface area contributed by atoms with Gasteiger partial charge in [-0.05, 0) is 42.3 Å². The summed E-state index contributed by atoms with van der Waals surface area (Å²) in [7, 11) is -2.39. The molecule has 162 valence electrons. The zero-order chi connectivity index (χ0) is 22.4. The van der Waals surface area contributed by atoms with Crippen molar-refractivity contribution in [1.29, 1.82) is 0 Å². The zero-order valence-corrected chi connectivity index (χ0v) is 17.2. The van der Waals surface area contributed by atoms with Crippen molar-refractivity contribution in [2.45, 2.75) is 37.6 Å². The molecule has 3 aromatic rings. The summed E-state index contributed by atoms with van der Waals surface area (Å²) < 4.78 is 68.0. The number of carbonyl (C=O) groups excluding carboxylic acids is 1. The minimum atomic E-state index is -4.49. The van der Waals surface area contributed by atoms with Crippen molar-refractivity contribution in [1.82, 2.24) is 18.8 Å². The average Bonchev–Trinajstić information content (AvgIpc) is 3.20. The summed E-state index contributed by atoms with van der Waals surface area (Å²) in [6.07, 6.45) is -4.49. The van der Waals surface area contributed by atoms with Gasteiger partial charge in [-0.25, -0.2) is 4.98 Å². The Morgan fingerprint density at radius 3 is 2.53 bits per heavy atom. The highest BCUT2D eigenvalue weighted by atomic mass is 32.3. The van der Waals surface area contributed by atoms with E-state index in [1.54, 1.807) is 18.4 Å². The fourth-order valence-electron chi connectivity index (χ4n) is 3.35. The quantitative estimate of drug-likeness (QED) is 0.507. The van der Waals surface area contributed by atoms with Crippen LogP contribution < -0.4 is 10.5 Å². The minimum Gasteiger partial charge on any atom is -0.364 e. The number of halogens is 3. The van der Waals surface area contributed by atoms with Crippen molar-refractivity contribution >= 4 is 27.3 Å². The van der Waals surface area contributed by atoms with Crippen LogP contribution >= 0.6 is 0 Å². The van der Waals surface area contributed by atoms with Gasteiger partial charge in [0.15, 0.2) is 0 Å². The smallest absolute Gasteiger partial charge is 0.364 e. The van der Waals surface area contributed by atoms with E-state index in [4.69, 9.17) is 5.73 Å². The number of nitrogens with two attached hydrogens (primary N) is 1. The molecule has 0 aliphatic heterocycles. The number of hydrogen-bond acceptors (Lipinski definition) is 3. The van der Waals surface area contributed by atoms with Crippen molar-refractivity contribution in [3.63, 3.8) is 0 Å². The number of aromatic nitrogens is 3. The van der Waals surface area contributed by atoms with Crippen LogP contribution in [0.5, 0.6) is 0 Å². The number of benzene rings is 1. The van der Waals surface area contributed by atoms with E-state index in [2.05, 4.69) is 9.71 Å². The Morgan fingerprint density at radius 1 is 1.33 bits per heavy atom. The molecule has 0 aliphatic rings. The van der Waals surface area contributed by atoms with Crippen molar-refractivity contribution < 1.29 is 26.7 Å². The summed E-state index contributed by atoms with van der Waals surface area (Å²) in [4.78, 5) is 15.8. The molecule has 4 N–H and O–H groups in total. The Labute approximate surface area is 171 Å².